The number of benzene rings is 6. The van der Waals surface area contributed by atoms with Crippen molar-refractivity contribution in [2.75, 3.05) is 5.34 Å². The Balaban J connectivity index is 0.000000230. The van der Waals surface area contributed by atoms with E-state index >= 15 is 0 Å². The zero-order chi connectivity index (χ0) is 56.4. The van der Waals surface area contributed by atoms with E-state index < -0.39 is 46.7 Å². The molecule has 78 heavy (non-hydrogen) atoms. The van der Waals surface area contributed by atoms with Crippen molar-refractivity contribution < 1.29 is 42.1 Å². The number of aromatic carboxylic acids is 1. The lowest BCUT2D eigenvalue weighted by atomic mass is 9.77. The Kier molecular flexibility index (Phi) is 27.3. The predicted molar refractivity (Wildman–Crippen MR) is 312 cm³/mol. The second-order valence-corrected chi connectivity index (χ2v) is 21.7. The second-order valence-electron chi connectivity index (χ2n) is 20.9. The third kappa shape index (κ3) is 19.3. The first-order chi connectivity index (χ1) is 37.7. The number of alkyl halides is 2. The maximum atomic E-state index is 14.9. The van der Waals surface area contributed by atoms with Gasteiger partial charge < -0.3 is 14.9 Å². The highest BCUT2D eigenvalue weighted by Gasteiger charge is 2.25. The van der Waals surface area contributed by atoms with Crippen LogP contribution in [0.4, 0.5) is 17.6 Å². The summed E-state index contributed by atoms with van der Waals surface area (Å²) in [6.07, 6.45) is 24.8. The molecule has 2 aliphatic rings. The maximum Gasteiger partial charge on any atom is 0.343 e. The molecule has 11 heteroatoms. The van der Waals surface area contributed by atoms with Crippen molar-refractivity contribution >= 4 is 35.1 Å². The highest BCUT2D eigenvalue weighted by Crippen LogP contribution is 2.40. The SMILES string of the molecule is CCCCCC1CCC(c2ccc(C(=O)O)cc2)CC1.CCCCCC1CCC(c2ccc(C(=O)Oc3ccc(-c4ccc(CCC)cc4)c(F)c3F)cc2)CC1.CCCc1ccc(-c2ccc(O)c(F)c2F)cc1.ClCCl. The molecule has 0 heterocycles. The van der Waals surface area contributed by atoms with Crippen LogP contribution in [0.1, 0.15) is 198 Å². The molecule has 0 radical (unpaired) electrons. The Morgan fingerprint density at radius 1 is 0.487 bits per heavy atom. The van der Waals surface area contributed by atoms with Crippen LogP contribution in [-0.4, -0.2) is 27.5 Å². The van der Waals surface area contributed by atoms with Gasteiger partial charge in [-0.1, -0.05) is 165 Å². The number of carbonyl (C=O) groups excluding carboxylic acids is 1. The summed E-state index contributed by atoms with van der Waals surface area (Å²) in [6, 6.07) is 35.0. The van der Waals surface area contributed by atoms with E-state index in [-0.39, 0.29) is 16.5 Å². The number of hydrogen-bond donors (Lipinski definition) is 2. The van der Waals surface area contributed by atoms with Gasteiger partial charge in [-0.15, -0.1) is 23.2 Å². The Labute approximate surface area is 471 Å². The van der Waals surface area contributed by atoms with Gasteiger partial charge in [0, 0.05) is 11.1 Å². The van der Waals surface area contributed by atoms with Crippen LogP contribution in [0.2, 0.25) is 0 Å². The summed E-state index contributed by atoms with van der Waals surface area (Å²) in [6.45, 7) is 8.69. The second kappa shape index (κ2) is 33.7. The molecule has 420 valence electrons. The number of ether oxygens (including phenoxy) is 1. The van der Waals surface area contributed by atoms with Gasteiger partial charge in [-0.25, -0.2) is 18.4 Å². The highest BCUT2D eigenvalue weighted by atomic mass is 35.5. The van der Waals surface area contributed by atoms with Crippen LogP contribution >= 0.6 is 23.2 Å². The molecule has 0 bridgehead atoms. The zero-order valence-corrected chi connectivity index (χ0v) is 47.6. The van der Waals surface area contributed by atoms with E-state index in [1.165, 1.54) is 138 Å². The van der Waals surface area contributed by atoms with E-state index in [0.717, 1.165) is 49.1 Å². The molecule has 6 aromatic carbocycles. The number of unbranched alkanes of at least 4 members (excludes halogenated alkanes) is 4. The third-order valence-corrected chi connectivity index (χ3v) is 15.3. The van der Waals surface area contributed by atoms with E-state index in [1.54, 1.807) is 48.5 Å². The van der Waals surface area contributed by atoms with Gasteiger partial charge in [-0.3, -0.25) is 0 Å². The number of carboxylic acid groups (broad SMARTS) is 1. The summed E-state index contributed by atoms with van der Waals surface area (Å²) in [7, 11) is 0. The molecule has 5 nitrogen and oxygen atoms in total. The van der Waals surface area contributed by atoms with E-state index in [1.807, 2.05) is 48.5 Å². The molecular formula is C67H80Cl2F4O5. The first-order valence-corrected chi connectivity index (χ1v) is 29.4. The van der Waals surface area contributed by atoms with Gasteiger partial charge in [0.1, 0.15) is 0 Å². The van der Waals surface area contributed by atoms with Crippen molar-refractivity contribution in [3.05, 3.63) is 178 Å². The molecule has 0 atom stereocenters. The molecule has 0 amide bonds. The van der Waals surface area contributed by atoms with Gasteiger partial charge in [0.25, 0.3) is 0 Å². The number of esters is 1. The van der Waals surface area contributed by atoms with Crippen molar-refractivity contribution in [3.8, 4) is 33.8 Å². The molecule has 6 aromatic rings. The number of carbonyl (C=O) groups is 2. The predicted octanol–water partition coefficient (Wildman–Crippen LogP) is 20.6. The van der Waals surface area contributed by atoms with Gasteiger partial charge in [-0.05, 0) is 170 Å². The Bertz CT molecular complexity index is 2720. The van der Waals surface area contributed by atoms with Gasteiger partial charge >= 0.3 is 11.9 Å². The molecule has 0 saturated heterocycles. The topological polar surface area (TPSA) is 83.8 Å². The lowest BCUT2D eigenvalue weighted by Crippen LogP contribution is -2.14. The molecule has 0 aliphatic heterocycles. The fraction of sp³-hybridized carbons (Fsp3) is 0.433. The Morgan fingerprint density at radius 3 is 1.28 bits per heavy atom. The highest BCUT2D eigenvalue weighted by molar-refractivity contribution is 6.40. The summed E-state index contributed by atoms with van der Waals surface area (Å²) in [4.78, 5) is 23.5. The lowest BCUT2D eigenvalue weighted by Gasteiger charge is -2.29. The first kappa shape index (κ1) is 63.2. The number of carboxylic acids is 1. The summed E-state index contributed by atoms with van der Waals surface area (Å²) >= 11 is 9.53. The van der Waals surface area contributed by atoms with Crippen LogP contribution in [0.3, 0.4) is 0 Å². The largest absolute Gasteiger partial charge is 0.505 e. The van der Waals surface area contributed by atoms with Crippen molar-refractivity contribution in [3.63, 3.8) is 0 Å². The molecule has 2 N–H and O–H groups in total. The van der Waals surface area contributed by atoms with Gasteiger partial charge in [0.05, 0.1) is 16.5 Å². The number of aryl methyl sites for hydroxylation is 2. The smallest absolute Gasteiger partial charge is 0.343 e. The van der Waals surface area contributed by atoms with Crippen molar-refractivity contribution in [1.82, 2.24) is 0 Å². The first-order valence-electron chi connectivity index (χ1n) is 28.4. The van der Waals surface area contributed by atoms with Crippen LogP contribution in [0.25, 0.3) is 22.3 Å². The lowest BCUT2D eigenvalue weighted by molar-refractivity contribution is 0.0693. The fourth-order valence-corrected chi connectivity index (χ4v) is 10.8. The standard InChI is InChI=1S/C33H38F2O2.C18H26O2.C15H14F2O.CH2Cl2/c1-3-5-6-8-24-9-13-25(14-10-24)26-17-19-28(20-18-26)33(36)37-30-22-21-29(31(34)32(30)35)27-15-11-23(7-4-2)12-16-27;1-2-3-4-5-14-6-8-15(9-7-14)16-10-12-17(13-11-16)18(19)20;1-2-3-10-4-6-11(7-5-10)12-8-9-13(18)15(17)14(12)16;2-1-3/h11-12,15-22,24-25H,3-10,13-14H2,1-2H3;10-15H,2-9H2,1H3,(H,19,20);4-9,18H,2-3H2,1H3;1H2. The molecule has 8 rings (SSSR count). The zero-order valence-electron chi connectivity index (χ0n) is 46.1. The van der Waals surface area contributed by atoms with Crippen LogP contribution in [-0.2, 0) is 12.8 Å². The number of halogens is 6. The van der Waals surface area contributed by atoms with Crippen molar-refractivity contribution in [1.29, 1.82) is 0 Å². The Morgan fingerprint density at radius 2 is 0.885 bits per heavy atom. The van der Waals surface area contributed by atoms with E-state index in [2.05, 4.69) is 27.7 Å². The number of phenolic OH excluding ortho intramolecular Hbond substituents is 1. The quantitative estimate of drug-likeness (QED) is 0.0278. The van der Waals surface area contributed by atoms with Crippen LogP contribution in [0.15, 0.2) is 121 Å². The molecule has 2 aliphatic carbocycles. The third-order valence-electron chi connectivity index (χ3n) is 15.3. The minimum Gasteiger partial charge on any atom is -0.505 e. The van der Waals surface area contributed by atoms with Crippen molar-refractivity contribution in [2.45, 2.75) is 168 Å². The molecule has 0 spiro atoms. The summed E-state index contributed by atoms with van der Waals surface area (Å²) < 4.78 is 61.8. The monoisotopic (exact) mass is 1110 g/mol. The summed E-state index contributed by atoms with van der Waals surface area (Å²) in [5, 5.41) is 18.2. The number of phenols is 1. The molecule has 2 fully saturated rings. The number of rotatable bonds is 19. The van der Waals surface area contributed by atoms with E-state index in [0.29, 0.717) is 34.1 Å². The van der Waals surface area contributed by atoms with Gasteiger partial charge in [0.15, 0.2) is 23.1 Å². The Hall–Kier alpha value is -5.64. The summed E-state index contributed by atoms with van der Waals surface area (Å²) in [5.41, 5.74) is 7.08. The summed E-state index contributed by atoms with van der Waals surface area (Å²) in [5.74, 6) is -4.07. The van der Waals surface area contributed by atoms with E-state index in [4.69, 9.17) is 38.2 Å². The average molecular weight is 1110 g/mol. The molecule has 0 unspecified atom stereocenters. The number of hydrogen-bond acceptors (Lipinski definition) is 4. The van der Waals surface area contributed by atoms with Crippen molar-refractivity contribution in [2.24, 2.45) is 11.8 Å². The van der Waals surface area contributed by atoms with Crippen LogP contribution < -0.4 is 4.74 Å². The van der Waals surface area contributed by atoms with Gasteiger partial charge in [0.2, 0.25) is 11.6 Å². The average Bonchev–Trinajstić information content (AvgIpc) is 3.47. The van der Waals surface area contributed by atoms with Crippen LogP contribution in [0, 0.1) is 35.1 Å². The molecule has 0 aromatic heterocycles. The fourth-order valence-electron chi connectivity index (χ4n) is 10.8. The minimum absolute atomic E-state index is 0.143. The minimum atomic E-state index is -1.20. The molecule has 2 saturated carbocycles. The van der Waals surface area contributed by atoms with E-state index in [9.17, 15) is 27.2 Å². The van der Waals surface area contributed by atoms with Gasteiger partial charge in [-0.2, -0.15) is 8.78 Å². The molecular weight excluding hydrogens is 1030 g/mol. The maximum absolute atomic E-state index is 14.9. The normalized spacial score (nSPS) is 16.8. The van der Waals surface area contributed by atoms with Crippen LogP contribution in [0.5, 0.6) is 11.5 Å². The number of aromatic hydroxyl groups is 1.